The average Bonchev–Trinajstić information content (AvgIpc) is 2.46. The molecule has 0 unspecified atom stereocenters. The lowest BCUT2D eigenvalue weighted by Crippen LogP contribution is -2.04. The Kier molecular flexibility index (Phi) is 4.29. The Balaban J connectivity index is 2.29. The lowest BCUT2D eigenvalue weighted by Gasteiger charge is -2.07. The van der Waals surface area contributed by atoms with Gasteiger partial charge in [0, 0.05) is 29.0 Å². The first-order valence-electron chi connectivity index (χ1n) is 5.72. The van der Waals surface area contributed by atoms with Crippen molar-refractivity contribution in [2.75, 3.05) is 6.26 Å². The summed E-state index contributed by atoms with van der Waals surface area (Å²) in [5.41, 5.74) is 0.281. The number of benzene rings is 1. The summed E-state index contributed by atoms with van der Waals surface area (Å²) in [7, 11) is 0. The fraction of sp³-hybridized carbons (Fsp3) is 0.0667. The van der Waals surface area contributed by atoms with Crippen molar-refractivity contribution >= 4 is 23.1 Å². The van der Waals surface area contributed by atoms with E-state index in [1.54, 1.807) is 12.1 Å². The first kappa shape index (κ1) is 14.4. The minimum absolute atomic E-state index is 0.00894. The molecule has 2 rings (SSSR count). The molecule has 0 spiro atoms. The Bertz CT molecular complexity index is 668. The molecule has 2 nitrogen and oxygen atoms in total. The van der Waals surface area contributed by atoms with Crippen LogP contribution in [-0.2, 0) is 0 Å². The van der Waals surface area contributed by atoms with Crippen molar-refractivity contribution < 1.29 is 13.6 Å². The van der Waals surface area contributed by atoms with Crippen LogP contribution in [0.1, 0.15) is 15.9 Å². The van der Waals surface area contributed by atoms with Crippen LogP contribution in [0.25, 0.3) is 5.57 Å². The predicted octanol–water partition coefficient (Wildman–Crippen LogP) is 3.98. The molecular weight excluding hydrogens is 280 g/mol. The number of hydrogen-bond donors (Lipinski definition) is 0. The van der Waals surface area contributed by atoms with E-state index >= 15 is 0 Å². The predicted molar refractivity (Wildman–Crippen MR) is 75.7 cm³/mol. The Hall–Kier alpha value is -2.01. The first-order chi connectivity index (χ1) is 9.52. The molecule has 2 aromatic rings. The topological polar surface area (TPSA) is 30.0 Å². The Morgan fingerprint density at radius 2 is 2.00 bits per heavy atom. The van der Waals surface area contributed by atoms with E-state index in [0.29, 0.717) is 5.56 Å². The van der Waals surface area contributed by atoms with Crippen LogP contribution in [0.5, 0.6) is 0 Å². The Morgan fingerprint density at radius 3 is 2.55 bits per heavy atom. The molecule has 0 aliphatic carbocycles. The second-order valence-electron chi connectivity index (χ2n) is 4.02. The summed E-state index contributed by atoms with van der Waals surface area (Å²) in [5.74, 6) is -1.94. The van der Waals surface area contributed by atoms with Crippen LogP contribution < -0.4 is 0 Å². The molecule has 0 fully saturated rings. The second-order valence-corrected chi connectivity index (χ2v) is 4.85. The molecular formula is C15H11F2NOS. The molecule has 0 atom stereocenters. The maximum Gasteiger partial charge on any atom is 0.194 e. The Labute approximate surface area is 119 Å². The summed E-state index contributed by atoms with van der Waals surface area (Å²) in [5, 5.41) is 0.778. The third-order valence-corrected chi connectivity index (χ3v) is 3.40. The molecule has 0 aliphatic rings. The number of rotatable bonds is 4. The van der Waals surface area contributed by atoms with Gasteiger partial charge in [-0.05, 0) is 30.5 Å². The van der Waals surface area contributed by atoms with Crippen molar-refractivity contribution in [3.63, 3.8) is 0 Å². The van der Waals surface area contributed by atoms with Gasteiger partial charge in [0.1, 0.15) is 11.6 Å². The van der Waals surface area contributed by atoms with E-state index in [-0.39, 0.29) is 11.1 Å². The maximum absolute atomic E-state index is 13.6. The van der Waals surface area contributed by atoms with Gasteiger partial charge in [-0.25, -0.2) is 13.8 Å². The zero-order chi connectivity index (χ0) is 14.7. The number of hydrogen-bond acceptors (Lipinski definition) is 3. The van der Waals surface area contributed by atoms with Gasteiger partial charge < -0.3 is 0 Å². The van der Waals surface area contributed by atoms with Crippen LogP contribution >= 0.6 is 11.8 Å². The number of ketones is 1. The van der Waals surface area contributed by atoms with E-state index in [9.17, 15) is 13.6 Å². The fourth-order valence-electron chi connectivity index (χ4n) is 1.67. The SMILES string of the molecule is C=C(C(=O)c1ccc(SC)nc1)c1ccc(F)cc1F. The van der Waals surface area contributed by atoms with Crippen LogP contribution in [-0.4, -0.2) is 17.0 Å². The molecule has 1 aromatic heterocycles. The third kappa shape index (κ3) is 2.93. The zero-order valence-electron chi connectivity index (χ0n) is 10.7. The minimum atomic E-state index is -0.808. The first-order valence-corrected chi connectivity index (χ1v) is 6.94. The van der Waals surface area contributed by atoms with E-state index in [1.165, 1.54) is 24.0 Å². The van der Waals surface area contributed by atoms with Crippen LogP contribution in [0.4, 0.5) is 8.78 Å². The average molecular weight is 291 g/mol. The van der Waals surface area contributed by atoms with Crippen LogP contribution in [0.2, 0.25) is 0 Å². The van der Waals surface area contributed by atoms with Gasteiger partial charge in [0.2, 0.25) is 0 Å². The monoisotopic (exact) mass is 291 g/mol. The number of carbonyl (C=O) groups is 1. The third-order valence-electron chi connectivity index (χ3n) is 2.74. The molecule has 0 radical (unpaired) electrons. The van der Waals surface area contributed by atoms with Crippen molar-refractivity contribution in [1.82, 2.24) is 4.98 Å². The zero-order valence-corrected chi connectivity index (χ0v) is 11.5. The van der Waals surface area contributed by atoms with Gasteiger partial charge >= 0.3 is 0 Å². The molecule has 1 heterocycles. The lowest BCUT2D eigenvalue weighted by atomic mass is 9.99. The van der Waals surface area contributed by atoms with Gasteiger partial charge in [-0.1, -0.05) is 6.58 Å². The van der Waals surface area contributed by atoms with Crippen molar-refractivity contribution in [3.05, 3.63) is 65.9 Å². The molecule has 0 saturated heterocycles. The number of Topliss-reactive ketones (excluding diaryl/α,β-unsaturated/α-hetero) is 1. The summed E-state index contributed by atoms with van der Waals surface area (Å²) < 4.78 is 26.5. The molecule has 0 aliphatic heterocycles. The molecule has 102 valence electrons. The quantitative estimate of drug-likeness (QED) is 0.485. The highest BCUT2D eigenvalue weighted by Gasteiger charge is 2.16. The van der Waals surface area contributed by atoms with Gasteiger partial charge in [-0.2, -0.15) is 0 Å². The molecule has 0 amide bonds. The largest absolute Gasteiger partial charge is 0.289 e. The maximum atomic E-state index is 13.6. The van der Waals surface area contributed by atoms with Crippen molar-refractivity contribution in [2.24, 2.45) is 0 Å². The summed E-state index contributed by atoms with van der Waals surface area (Å²) in [6, 6.07) is 6.32. The molecule has 1 aromatic carbocycles. The van der Waals surface area contributed by atoms with E-state index in [2.05, 4.69) is 11.6 Å². The smallest absolute Gasteiger partial charge is 0.194 e. The molecule has 0 saturated carbocycles. The standard InChI is InChI=1S/C15H11F2NOS/c1-9(12-5-4-11(16)7-13(12)17)15(19)10-3-6-14(20-2)18-8-10/h3-8H,1H2,2H3. The van der Waals surface area contributed by atoms with Crippen molar-refractivity contribution in [1.29, 1.82) is 0 Å². The van der Waals surface area contributed by atoms with E-state index in [4.69, 9.17) is 0 Å². The number of pyridine rings is 1. The fourth-order valence-corrected chi connectivity index (χ4v) is 2.03. The number of thioether (sulfide) groups is 1. The van der Waals surface area contributed by atoms with E-state index in [0.717, 1.165) is 17.2 Å². The van der Waals surface area contributed by atoms with E-state index < -0.39 is 17.4 Å². The lowest BCUT2D eigenvalue weighted by molar-refractivity contribution is 0.105. The van der Waals surface area contributed by atoms with Gasteiger partial charge in [-0.3, -0.25) is 4.79 Å². The van der Waals surface area contributed by atoms with Gasteiger partial charge in [-0.15, -0.1) is 11.8 Å². The minimum Gasteiger partial charge on any atom is -0.289 e. The molecule has 5 heteroatoms. The van der Waals surface area contributed by atoms with Gasteiger partial charge in [0.05, 0.1) is 5.03 Å². The van der Waals surface area contributed by atoms with Crippen LogP contribution in [0, 0.1) is 11.6 Å². The second kappa shape index (κ2) is 5.96. The number of halogens is 2. The summed E-state index contributed by atoms with van der Waals surface area (Å²) >= 11 is 1.45. The number of nitrogens with zero attached hydrogens (tertiary/aromatic N) is 1. The van der Waals surface area contributed by atoms with E-state index in [1.807, 2.05) is 6.26 Å². The van der Waals surface area contributed by atoms with Crippen molar-refractivity contribution in [2.45, 2.75) is 5.03 Å². The molecule has 0 N–H and O–H groups in total. The molecule has 20 heavy (non-hydrogen) atoms. The van der Waals surface area contributed by atoms with Crippen molar-refractivity contribution in [3.8, 4) is 0 Å². The van der Waals surface area contributed by atoms with Gasteiger partial charge in [0.15, 0.2) is 5.78 Å². The molecule has 0 bridgehead atoms. The summed E-state index contributed by atoms with van der Waals surface area (Å²) in [4.78, 5) is 16.3. The number of allylic oxidation sites excluding steroid dienone is 1. The number of carbonyl (C=O) groups excluding carboxylic acids is 1. The van der Waals surface area contributed by atoms with Crippen LogP contribution in [0.15, 0.2) is 48.1 Å². The van der Waals surface area contributed by atoms with Crippen LogP contribution in [0.3, 0.4) is 0 Å². The highest BCUT2D eigenvalue weighted by Crippen LogP contribution is 2.22. The van der Waals surface area contributed by atoms with Gasteiger partial charge in [0.25, 0.3) is 0 Å². The number of aromatic nitrogens is 1. The highest BCUT2D eigenvalue weighted by atomic mass is 32.2. The summed E-state index contributed by atoms with van der Waals surface area (Å²) in [6.45, 7) is 3.59. The Morgan fingerprint density at radius 1 is 1.25 bits per heavy atom. The summed E-state index contributed by atoms with van der Waals surface area (Å²) in [6.07, 6.45) is 3.29. The highest BCUT2D eigenvalue weighted by molar-refractivity contribution is 7.98. The normalized spacial score (nSPS) is 10.3.